The minimum absolute atomic E-state index is 0.960. The molecule has 68 valence electrons. The normalized spacial score (nSPS) is 10.5. The average Bonchev–Trinajstić information content (AvgIpc) is 2.71. The monoisotopic (exact) mass is 256 g/mol. The van der Waals surface area contributed by atoms with Crippen molar-refractivity contribution in [1.82, 2.24) is 9.55 Å². The van der Waals surface area contributed by atoms with Crippen LogP contribution in [0.4, 0.5) is 0 Å². The number of halogens is 1. The largest absolute Gasteiger partial charge is 0.329 e. The molecule has 0 unspecified atom stereocenters. The smallest absolute Gasteiger partial charge is 0.150 e. The van der Waals surface area contributed by atoms with Crippen molar-refractivity contribution in [1.29, 1.82) is 0 Å². The lowest BCUT2D eigenvalue weighted by Gasteiger charge is -2.02. The third-order valence-electron chi connectivity index (χ3n) is 1.78. The van der Waals surface area contributed by atoms with Gasteiger partial charge in [0.15, 0.2) is 0 Å². The zero-order chi connectivity index (χ0) is 9.10. The van der Waals surface area contributed by atoms with Gasteiger partial charge in [-0.25, -0.2) is 4.98 Å². The Morgan fingerprint density at radius 3 is 3.15 bits per heavy atom. The van der Waals surface area contributed by atoms with E-state index < -0.39 is 0 Å². The van der Waals surface area contributed by atoms with Gasteiger partial charge in [-0.2, -0.15) is 0 Å². The van der Waals surface area contributed by atoms with Crippen molar-refractivity contribution in [3.63, 3.8) is 0 Å². The van der Waals surface area contributed by atoms with Gasteiger partial charge in [0, 0.05) is 24.3 Å². The lowest BCUT2D eigenvalue weighted by atomic mass is 10.4. The Kier molecular flexibility index (Phi) is 2.80. The molecule has 0 bridgehead atoms. The second-order valence-electron chi connectivity index (χ2n) is 2.61. The Balaban J connectivity index is 2.35. The summed E-state index contributed by atoms with van der Waals surface area (Å²) in [7, 11) is 0. The third-order valence-corrected chi connectivity index (χ3v) is 3.00. The highest BCUT2D eigenvalue weighted by atomic mass is 79.9. The van der Waals surface area contributed by atoms with Gasteiger partial charge in [-0.05, 0) is 11.4 Å². The summed E-state index contributed by atoms with van der Waals surface area (Å²) >= 11 is 5.15. The molecule has 0 radical (unpaired) electrons. The second-order valence-corrected chi connectivity index (χ2v) is 4.35. The van der Waals surface area contributed by atoms with E-state index in [-0.39, 0.29) is 0 Å². The zero-order valence-corrected chi connectivity index (χ0v) is 9.38. The van der Waals surface area contributed by atoms with Crippen molar-refractivity contribution in [2.75, 3.05) is 5.33 Å². The first-order chi connectivity index (χ1) is 6.42. The van der Waals surface area contributed by atoms with Crippen LogP contribution in [0.15, 0.2) is 29.9 Å². The molecule has 2 nitrogen and oxygen atoms in total. The molecule has 0 aliphatic heterocycles. The van der Waals surface area contributed by atoms with Crippen LogP contribution in [0.5, 0.6) is 0 Å². The average molecular weight is 257 g/mol. The summed E-state index contributed by atoms with van der Waals surface area (Å²) in [6, 6.07) is 4.14. The van der Waals surface area contributed by atoms with E-state index in [4.69, 9.17) is 0 Å². The number of nitrogens with zero attached hydrogens (tertiary/aromatic N) is 2. The number of hydrogen-bond acceptors (Lipinski definition) is 2. The van der Waals surface area contributed by atoms with Gasteiger partial charge >= 0.3 is 0 Å². The molecule has 0 aromatic carbocycles. The molecule has 2 aromatic heterocycles. The topological polar surface area (TPSA) is 17.8 Å². The molecule has 0 aliphatic carbocycles. The van der Waals surface area contributed by atoms with E-state index in [1.54, 1.807) is 11.3 Å². The lowest BCUT2D eigenvalue weighted by molar-refractivity contribution is 0.785. The summed E-state index contributed by atoms with van der Waals surface area (Å²) in [5, 5.41) is 3.03. The van der Waals surface area contributed by atoms with E-state index in [1.807, 2.05) is 18.5 Å². The molecule has 2 heterocycles. The number of alkyl halides is 1. The second kappa shape index (κ2) is 4.07. The first kappa shape index (κ1) is 8.97. The lowest BCUT2D eigenvalue weighted by Crippen LogP contribution is -1.98. The maximum atomic E-state index is 4.33. The van der Waals surface area contributed by atoms with Crippen LogP contribution in [-0.2, 0) is 6.54 Å². The van der Waals surface area contributed by atoms with Crippen molar-refractivity contribution in [3.05, 3.63) is 29.9 Å². The van der Waals surface area contributed by atoms with E-state index in [0.29, 0.717) is 0 Å². The molecule has 0 saturated heterocycles. The van der Waals surface area contributed by atoms with Crippen LogP contribution in [-0.4, -0.2) is 14.9 Å². The van der Waals surface area contributed by atoms with Gasteiger partial charge in [-0.15, -0.1) is 11.3 Å². The number of thiophene rings is 1. The molecule has 2 rings (SSSR count). The van der Waals surface area contributed by atoms with Crippen LogP contribution < -0.4 is 0 Å². The first-order valence-electron chi connectivity index (χ1n) is 4.03. The summed E-state index contributed by atoms with van der Waals surface area (Å²) in [6.07, 6.45) is 3.86. The Bertz CT molecular complexity index is 367. The zero-order valence-electron chi connectivity index (χ0n) is 6.98. The molecule has 0 fully saturated rings. The van der Waals surface area contributed by atoms with E-state index >= 15 is 0 Å². The molecule has 0 saturated carbocycles. The van der Waals surface area contributed by atoms with E-state index in [0.717, 1.165) is 17.7 Å². The highest BCUT2D eigenvalue weighted by Crippen LogP contribution is 2.22. The quantitative estimate of drug-likeness (QED) is 0.773. The van der Waals surface area contributed by atoms with Crippen molar-refractivity contribution in [3.8, 4) is 10.7 Å². The minimum atomic E-state index is 0.960. The number of rotatable bonds is 3. The van der Waals surface area contributed by atoms with Crippen molar-refractivity contribution in [2.24, 2.45) is 0 Å². The summed E-state index contributed by atoms with van der Waals surface area (Å²) in [5.74, 6) is 1.06. The maximum Gasteiger partial charge on any atom is 0.150 e. The summed E-state index contributed by atoms with van der Waals surface area (Å²) in [5.41, 5.74) is 0. The van der Waals surface area contributed by atoms with Crippen LogP contribution >= 0.6 is 27.3 Å². The van der Waals surface area contributed by atoms with E-state index in [9.17, 15) is 0 Å². The van der Waals surface area contributed by atoms with Gasteiger partial charge in [-0.1, -0.05) is 22.0 Å². The van der Waals surface area contributed by atoms with Gasteiger partial charge in [0.2, 0.25) is 0 Å². The standard InChI is InChI=1S/C9H9BrN2S/c10-3-5-12-6-4-11-9(12)8-2-1-7-13-8/h1-2,4,6-7H,3,5H2. The summed E-state index contributed by atoms with van der Waals surface area (Å²) in [6.45, 7) is 0.966. The van der Waals surface area contributed by atoms with Gasteiger partial charge in [0.05, 0.1) is 4.88 Å². The van der Waals surface area contributed by atoms with E-state index in [1.165, 1.54) is 4.88 Å². The Morgan fingerprint density at radius 2 is 2.46 bits per heavy atom. The number of hydrogen-bond donors (Lipinski definition) is 0. The molecule has 0 atom stereocenters. The van der Waals surface area contributed by atoms with Crippen molar-refractivity contribution < 1.29 is 0 Å². The molecule has 4 heteroatoms. The van der Waals surface area contributed by atoms with Crippen LogP contribution in [0, 0.1) is 0 Å². The Morgan fingerprint density at radius 1 is 1.54 bits per heavy atom. The number of aromatic nitrogens is 2. The number of imidazole rings is 1. The fourth-order valence-electron chi connectivity index (χ4n) is 1.21. The maximum absolute atomic E-state index is 4.33. The molecule has 13 heavy (non-hydrogen) atoms. The molecular formula is C9H9BrN2S. The number of aryl methyl sites for hydroxylation is 1. The molecule has 0 N–H and O–H groups in total. The van der Waals surface area contributed by atoms with Crippen molar-refractivity contribution in [2.45, 2.75) is 6.54 Å². The van der Waals surface area contributed by atoms with Gasteiger partial charge in [0.1, 0.15) is 5.82 Å². The van der Waals surface area contributed by atoms with Crippen LogP contribution in [0.25, 0.3) is 10.7 Å². The first-order valence-corrected chi connectivity index (χ1v) is 6.03. The summed E-state index contributed by atoms with van der Waals surface area (Å²) < 4.78 is 2.15. The van der Waals surface area contributed by atoms with Gasteiger partial charge in [0.25, 0.3) is 0 Å². The minimum Gasteiger partial charge on any atom is -0.329 e. The fourth-order valence-corrected chi connectivity index (χ4v) is 2.33. The molecule has 2 aromatic rings. The molecule has 0 spiro atoms. The van der Waals surface area contributed by atoms with Gasteiger partial charge < -0.3 is 4.57 Å². The highest BCUT2D eigenvalue weighted by molar-refractivity contribution is 9.09. The van der Waals surface area contributed by atoms with Gasteiger partial charge in [-0.3, -0.25) is 0 Å². The molecule has 0 aliphatic rings. The van der Waals surface area contributed by atoms with Crippen molar-refractivity contribution >= 4 is 27.3 Å². The van der Waals surface area contributed by atoms with Crippen LogP contribution in [0.2, 0.25) is 0 Å². The predicted octanol–water partition coefficient (Wildman–Crippen LogP) is 3.01. The van der Waals surface area contributed by atoms with Crippen LogP contribution in [0.3, 0.4) is 0 Å². The Hall–Kier alpha value is -0.610. The Labute approximate surface area is 89.4 Å². The third kappa shape index (κ3) is 1.84. The SMILES string of the molecule is BrCCn1ccnc1-c1cccs1. The highest BCUT2D eigenvalue weighted by Gasteiger charge is 2.04. The molecular weight excluding hydrogens is 248 g/mol. The predicted molar refractivity (Wildman–Crippen MR) is 59.3 cm³/mol. The van der Waals surface area contributed by atoms with Crippen LogP contribution in [0.1, 0.15) is 0 Å². The fraction of sp³-hybridized carbons (Fsp3) is 0.222. The van der Waals surface area contributed by atoms with E-state index in [2.05, 4.69) is 36.9 Å². The summed E-state index contributed by atoms with van der Waals surface area (Å²) in [4.78, 5) is 5.56. The molecule has 0 amide bonds.